The predicted molar refractivity (Wildman–Crippen MR) is 89.2 cm³/mol. The molecule has 26 heavy (non-hydrogen) atoms. The minimum atomic E-state index is -4.48. The fraction of sp³-hybridized carbons (Fsp3) is 0.222. The van der Waals surface area contributed by atoms with Gasteiger partial charge < -0.3 is 15.7 Å². The molecule has 2 aromatic carbocycles. The Morgan fingerprint density at radius 3 is 2.15 bits per heavy atom. The van der Waals surface area contributed by atoms with E-state index < -0.39 is 29.7 Å². The normalized spacial score (nSPS) is 12.3. The summed E-state index contributed by atoms with van der Waals surface area (Å²) in [5, 5.41) is 14.3. The number of aliphatic hydroxyl groups is 1. The number of aliphatic hydroxyl groups excluding tert-OH is 1. The lowest BCUT2D eigenvalue weighted by Gasteiger charge is -2.12. The van der Waals surface area contributed by atoms with Crippen molar-refractivity contribution in [3.63, 3.8) is 0 Å². The van der Waals surface area contributed by atoms with Crippen LogP contribution in [0.5, 0.6) is 0 Å². The van der Waals surface area contributed by atoms with Crippen LogP contribution in [0.25, 0.3) is 0 Å². The van der Waals surface area contributed by atoms with Crippen LogP contribution in [0.4, 0.5) is 18.9 Å². The Kier molecular flexibility index (Phi) is 6.35. The van der Waals surface area contributed by atoms with Crippen LogP contribution in [0.1, 0.15) is 11.1 Å². The van der Waals surface area contributed by atoms with E-state index in [0.717, 1.165) is 29.8 Å². The highest BCUT2D eigenvalue weighted by molar-refractivity contribution is 6.39. The minimum absolute atomic E-state index is 0.0583. The third kappa shape index (κ3) is 5.89. The monoisotopic (exact) mass is 366 g/mol. The van der Waals surface area contributed by atoms with Crippen molar-refractivity contribution in [2.45, 2.75) is 18.7 Å². The van der Waals surface area contributed by atoms with Gasteiger partial charge >= 0.3 is 18.0 Å². The molecule has 0 aromatic heterocycles. The molecule has 0 aliphatic carbocycles. The van der Waals surface area contributed by atoms with Crippen LogP contribution < -0.4 is 10.6 Å². The van der Waals surface area contributed by atoms with Crippen molar-refractivity contribution in [3.8, 4) is 0 Å². The van der Waals surface area contributed by atoms with Crippen LogP contribution in [0.2, 0.25) is 0 Å². The third-order valence-electron chi connectivity index (χ3n) is 3.49. The van der Waals surface area contributed by atoms with Crippen molar-refractivity contribution in [3.05, 3.63) is 65.7 Å². The lowest BCUT2D eigenvalue weighted by molar-refractivity contribution is -0.137. The number of hydrogen-bond acceptors (Lipinski definition) is 3. The van der Waals surface area contributed by atoms with E-state index in [-0.39, 0.29) is 12.2 Å². The topological polar surface area (TPSA) is 78.4 Å². The average Bonchev–Trinajstić information content (AvgIpc) is 2.60. The highest BCUT2D eigenvalue weighted by atomic mass is 19.4. The Morgan fingerprint density at radius 1 is 0.962 bits per heavy atom. The molecule has 2 aromatic rings. The summed E-state index contributed by atoms with van der Waals surface area (Å²) in [6, 6.07) is 12.8. The number of benzene rings is 2. The van der Waals surface area contributed by atoms with E-state index in [1.165, 1.54) is 0 Å². The summed E-state index contributed by atoms with van der Waals surface area (Å²) in [5.74, 6) is -2.02. The van der Waals surface area contributed by atoms with Gasteiger partial charge in [-0.25, -0.2) is 0 Å². The van der Waals surface area contributed by atoms with E-state index in [9.17, 15) is 27.9 Å². The molecule has 0 aliphatic heterocycles. The van der Waals surface area contributed by atoms with E-state index >= 15 is 0 Å². The van der Waals surface area contributed by atoms with Gasteiger partial charge in [0.25, 0.3) is 0 Å². The highest BCUT2D eigenvalue weighted by Gasteiger charge is 2.30. The van der Waals surface area contributed by atoms with Crippen LogP contribution in [-0.4, -0.2) is 29.6 Å². The lowest BCUT2D eigenvalue weighted by Crippen LogP contribution is -2.40. The van der Waals surface area contributed by atoms with Crippen LogP contribution in [0.15, 0.2) is 54.6 Å². The van der Waals surface area contributed by atoms with E-state index in [4.69, 9.17) is 0 Å². The minimum Gasteiger partial charge on any atom is -0.391 e. The number of amides is 2. The number of carbonyl (C=O) groups excluding carboxylic acids is 2. The molecule has 0 fully saturated rings. The molecular formula is C18H17F3N2O3. The van der Waals surface area contributed by atoms with Gasteiger partial charge in [0.15, 0.2) is 0 Å². The van der Waals surface area contributed by atoms with Gasteiger partial charge in [-0.3, -0.25) is 9.59 Å². The van der Waals surface area contributed by atoms with Crippen molar-refractivity contribution >= 4 is 17.5 Å². The summed E-state index contributed by atoms with van der Waals surface area (Å²) in [4.78, 5) is 23.5. The summed E-state index contributed by atoms with van der Waals surface area (Å²) < 4.78 is 37.4. The van der Waals surface area contributed by atoms with Gasteiger partial charge in [0.1, 0.15) is 0 Å². The summed E-state index contributed by atoms with van der Waals surface area (Å²) >= 11 is 0. The molecule has 0 radical (unpaired) electrons. The first-order valence-corrected chi connectivity index (χ1v) is 7.74. The second-order valence-electron chi connectivity index (χ2n) is 5.58. The molecule has 0 heterocycles. The Balaban J connectivity index is 1.81. The van der Waals surface area contributed by atoms with E-state index in [1.54, 1.807) is 0 Å². The SMILES string of the molecule is O=C(NCC(O)Cc1ccccc1)C(=O)Nc1ccc(C(F)(F)F)cc1. The quantitative estimate of drug-likeness (QED) is 0.711. The van der Waals surface area contributed by atoms with Crippen LogP contribution in [0, 0.1) is 0 Å². The van der Waals surface area contributed by atoms with Crippen LogP contribution >= 0.6 is 0 Å². The molecule has 0 bridgehead atoms. The summed E-state index contributed by atoms with van der Waals surface area (Å²) in [7, 11) is 0. The second kappa shape index (κ2) is 8.48. The third-order valence-corrected chi connectivity index (χ3v) is 3.49. The molecule has 0 saturated carbocycles. The molecule has 3 N–H and O–H groups in total. The van der Waals surface area contributed by atoms with Gasteiger partial charge in [0.05, 0.1) is 11.7 Å². The van der Waals surface area contributed by atoms with Crippen molar-refractivity contribution in [1.82, 2.24) is 5.32 Å². The first kappa shape index (κ1) is 19.5. The van der Waals surface area contributed by atoms with Crippen LogP contribution in [0.3, 0.4) is 0 Å². The molecule has 1 unspecified atom stereocenters. The Hall–Kier alpha value is -2.87. The number of rotatable bonds is 5. The number of carbonyl (C=O) groups is 2. The molecule has 0 aliphatic rings. The van der Waals surface area contributed by atoms with Gasteiger partial charge in [-0.15, -0.1) is 0 Å². The summed E-state index contributed by atoms with van der Waals surface area (Å²) in [6.45, 7) is -0.131. The van der Waals surface area contributed by atoms with Crippen molar-refractivity contribution in [2.24, 2.45) is 0 Å². The summed E-state index contributed by atoms with van der Waals surface area (Å²) in [6.07, 6.45) is -5.04. The van der Waals surface area contributed by atoms with Gasteiger partial charge in [-0.05, 0) is 29.8 Å². The van der Waals surface area contributed by atoms with Crippen molar-refractivity contribution in [1.29, 1.82) is 0 Å². The van der Waals surface area contributed by atoms with Crippen molar-refractivity contribution < 1.29 is 27.9 Å². The maximum atomic E-state index is 12.5. The van der Waals surface area contributed by atoms with Crippen molar-refractivity contribution in [2.75, 3.05) is 11.9 Å². The Labute approximate surface area is 147 Å². The number of nitrogens with one attached hydrogen (secondary N) is 2. The van der Waals surface area contributed by atoms with E-state index in [0.29, 0.717) is 6.42 Å². The maximum absolute atomic E-state index is 12.5. The average molecular weight is 366 g/mol. The van der Waals surface area contributed by atoms with Gasteiger partial charge in [-0.1, -0.05) is 30.3 Å². The predicted octanol–water partition coefficient (Wildman–Crippen LogP) is 2.36. The molecule has 1 atom stereocenters. The highest BCUT2D eigenvalue weighted by Crippen LogP contribution is 2.29. The van der Waals surface area contributed by atoms with Gasteiger partial charge in [0, 0.05) is 18.7 Å². The standard InChI is InChI=1S/C18H17F3N2O3/c19-18(20,21)13-6-8-14(9-7-13)23-17(26)16(25)22-11-15(24)10-12-4-2-1-3-5-12/h1-9,15,24H,10-11H2,(H,22,25)(H,23,26). The summed E-state index contributed by atoms with van der Waals surface area (Å²) in [5.41, 5.74) is 0.0791. The molecule has 0 spiro atoms. The lowest BCUT2D eigenvalue weighted by atomic mass is 10.1. The van der Waals surface area contributed by atoms with E-state index in [1.807, 2.05) is 30.3 Å². The zero-order valence-corrected chi connectivity index (χ0v) is 13.6. The molecule has 0 saturated heterocycles. The molecule has 138 valence electrons. The largest absolute Gasteiger partial charge is 0.416 e. The van der Waals surface area contributed by atoms with Crippen LogP contribution in [-0.2, 0) is 22.2 Å². The number of halogens is 3. The second-order valence-corrected chi connectivity index (χ2v) is 5.58. The fourth-order valence-electron chi connectivity index (χ4n) is 2.18. The number of anilines is 1. The fourth-order valence-corrected chi connectivity index (χ4v) is 2.18. The molecule has 5 nitrogen and oxygen atoms in total. The molecular weight excluding hydrogens is 349 g/mol. The molecule has 2 rings (SSSR count). The zero-order chi connectivity index (χ0) is 19.2. The maximum Gasteiger partial charge on any atom is 0.416 e. The smallest absolute Gasteiger partial charge is 0.391 e. The zero-order valence-electron chi connectivity index (χ0n) is 13.6. The molecule has 8 heteroatoms. The Morgan fingerprint density at radius 2 is 1.58 bits per heavy atom. The Bertz CT molecular complexity index is 747. The van der Waals surface area contributed by atoms with E-state index in [2.05, 4.69) is 10.6 Å². The first-order valence-electron chi connectivity index (χ1n) is 7.74. The molecule has 2 amide bonds. The number of hydrogen-bond donors (Lipinski definition) is 3. The first-order chi connectivity index (χ1) is 12.3. The van der Waals surface area contributed by atoms with Gasteiger partial charge in [-0.2, -0.15) is 13.2 Å². The van der Waals surface area contributed by atoms with Gasteiger partial charge in [0.2, 0.25) is 0 Å². The number of alkyl halides is 3.